The van der Waals surface area contributed by atoms with Crippen LogP contribution in [0.3, 0.4) is 0 Å². The van der Waals surface area contributed by atoms with Gasteiger partial charge in [0.25, 0.3) is 0 Å². The summed E-state index contributed by atoms with van der Waals surface area (Å²) in [5.41, 5.74) is 0. The van der Waals surface area contributed by atoms with Crippen LogP contribution < -0.4 is 4.74 Å². The first-order valence-corrected chi connectivity index (χ1v) is 4.63. The van der Waals surface area contributed by atoms with Crippen molar-refractivity contribution in [1.29, 1.82) is 0 Å². The van der Waals surface area contributed by atoms with Crippen LogP contribution in [0.15, 0.2) is 12.1 Å². The molecule has 0 saturated carbocycles. The van der Waals surface area contributed by atoms with Gasteiger partial charge < -0.3 is 9.47 Å². The van der Waals surface area contributed by atoms with E-state index in [0.717, 1.165) is 6.61 Å². The Hall–Kier alpha value is -0.440. The lowest BCUT2D eigenvalue weighted by atomic mass is 10.3. The van der Waals surface area contributed by atoms with Crippen LogP contribution in [-0.4, -0.2) is 19.3 Å². The number of hydrogen-bond acceptors (Lipinski definition) is 2. The molecule has 0 aliphatic carbocycles. The summed E-state index contributed by atoms with van der Waals surface area (Å²) >= 11 is 11.6. The van der Waals surface area contributed by atoms with Crippen LogP contribution >= 0.6 is 23.2 Å². The van der Waals surface area contributed by atoms with E-state index in [-0.39, 0.29) is 6.10 Å². The van der Waals surface area contributed by atoms with Crippen molar-refractivity contribution in [3.05, 3.63) is 28.2 Å². The van der Waals surface area contributed by atoms with Gasteiger partial charge in [-0.2, -0.15) is 0 Å². The van der Waals surface area contributed by atoms with Crippen LogP contribution in [-0.2, 0) is 4.74 Å². The van der Waals surface area contributed by atoms with Gasteiger partial charge in [-0.3, -0.25) is 0 Å². The molecule has 1 aromatic carbocycles. The molecule has 1 atom stereocenters. The molecule has 0 N–H and O–H groups in total. The van der Waals surface area contributed by atoms with Crippen molar-refractivity contribution in [3.8, 4) is 5.75 Å². The molecule has 2 nitrogen and oxygen atoms in total. The second-order valence-electron chi connectivity index (χ2n) is 2.74. The van der Waals surface area contributed by atoms with E-state index in [1.165, 1.54) is 0 Å². The summed E-state index contributed by atoms with van der Waals surface area (Å²) in [4.78, 5) is 0. The van der Waals surface area contributed by atoms with Crippen molar-refractivity contribution in [3.63, 3.8) is 0 Å². The van der Waals surface area contributed by atoms with E-state index in [2.05, 4.69) is 6.07 Å². The number of halogens is 2. The fraction of sp³-hybridized carbons (Fsp3) is 0.333. The van der Waals surface area contributed by atoms with Gasteiger partial charge in [-0.1, -0.05) is 23.2 Å². The molecule has 0 spiro atoms. The molecule has 0 aromatic heterocycles. The highest BCUT2D eigenvalue weighted by Gasteiger charge is 2.23. The highest BCUT2D eigenvalue weighted by molar-refractivity contribution is 6.42. The van der Waals surface area contributed by atoms with E-state index in [0.29, 0.717) is 22.4 Å². The third-order valence-corrected chi connectivity index (χ3v) is 2.46. The maximum Gasteiger partial charge on any atom is 0.147 e. The summed E-state index contributed by atoms with van der Waals surface area (Å²) in [6.07, 6.45) is 0.212. The summed E-state index contributed by atoms with van der Waals surface area (Å²) in [7, 11) is 0. The van der Waals surface area contributed by atoms with Gasteiger partial charge in [0, 0.05) is 6.07 Å². The van der Waals surface area contributed by atoms with Crippen molar-refractivity contribution in [2.45, 2.75) is 6.10 Å². The molecule has 2 rings (SSSR count). The van der Waals surface area contributed by atoms with Gasteiger partial charge in [-0.15, -0.1) is 0 Å². The van der Waals surface area contributed by atoms with Crippen LogP contribution in [0, 0.1) is 6.07 Å². The Balaban J connectivity index is 2.05. The molecule has 0 bridgehead atoms. The molecular weight excluding hydrogens is 211 g/mol. The van der Waals surface area contributed by atoms with Crippen LogP contribution in [0.1, 0.15) is 0 Å². The van der Waals surface area contributed by atoms with Gasteiger partial charge in [0.2, 0.25) is 0 Å². The van der Waals surface area contributed by atoms with Crippen molar-refractivity contribution < 1.29 is 9.47 Å². The Bertz CT molecular complexity index is 310. The number of rotatable bonds is 3. The van der Waals surface area contributed by atoms with Crippen LogP contribution in [0.25, 0.3) is 0 Å². The Morgan fingerprint density at radius 2 is 2.38 bits per heavy atom. The topological polar surface area (TPSA) is 21.8 Å². The summed E-state index contributed by atoms with van der Waals surface area (Å²) in [5, 5.41) is 0.886. The van der Waals surface area contributed by atoms with Crippen molar-refractivity contribution >= 4 is 23.2 Å². The molecule has 1 aromatic rings. The minimum absolute atomic E-state index is 0.212. The number of ether oxygens (including phenoxy) is 2. The van der Waals surface area contributed by atoms with Gasteiger partial charge >= 0.3 is 0 Å². The van der Waals surface area contributed by atoms with Crippen molar-refractivity contribution in [2.24, 2.45) is 0 Å². The van der Waals surface area contributed by atoms with E-state index in [4.69, 9.17) is 32.7 Å². The molecule has 13 heavy (non-hydrogen) atoms. The van der Waals surface area contributed by atoms with E-state index < -0.39 is 0 Å². The summed E-state index contributed by atoms with van der Waals surface area (Å²) in [5.74, 6) is 0.490. The molecular formula is C9H7Cl2O2. The van der Waals surface area contributed by atoms with Gasteiger partial charge in [-0.05, 0) is 12.1 Å². The Morgan fingerprint density at radius 1 is 1.62 bits per heavy atom. The molecule has 1 unspecified atom stereocenters. The molecule has 0 amide bonds. The predicted molar refractivity (Wildman–Crippen MR) is 50.5 cm³/mol. The predicted octanol–water partition coefficient (Wildman–Crippen LogP) is 2.57. The van der Waals surface area contributed by atoms with Gasteiger partial charge in [0.1, 0.15) is 23.5 Å². The Morgan fingerprint density at radius 3 is 3.08 bits per heavy atom. The molecule has 1 heterocycles. The first kappa shape index (κ1) is 9.13. The second kappa shape index (κ2) is 3.74. The molecule has 1 aliphatic rings. The Kier molecular flexibility index (Phi) is 2.63. The van der Waals surface area contributed by atoms with E-state index in [1.807, 2.05) is 0 Å². The lowest BCUT2D eigenvalue weighted by Crippen LogP contribution is -2.04. The average Bonchev–Trinajstić information content (AvgIpc) is 2.91. The quantitative estimate of drug-likeness (QED) is 0.727. The van der Waals surface area contributed by atoms with Crippen molar-refractivity contribution in [1.82, 2.24) is 0 Å². The number of benzene rings is 1. The average molecular weight is 218 g/mol. The van der Waals surface area contributed by atoms with Crippen LogP contribution in [0.5, 0.6) is 5.75 Å². The minimum Gasteiger partial charge on any atom is -0.489 e. The van der Waals surface area contributed by atoms with Gasteiger partial charge in [-0.25, -0.2) is 0 Å². The largest absolute Gasteiger partial charge is 0.489 e. The third-order valence-electron chi connectivity index (χ3n) is 1.67. The van der Waals surface area contributed by atoms with Crippen molar-refractivity contribution in [2.75, 3.05) is 13.2 Å². The smallest absolute Gasteiger partial charge is 0.147 e. The third kappa shape index (κ3) is 2.27. The maximum atomic E-state index is 5.87. The minimum atomic E-state index is 0.212. The monoisotopic (exact) mass is 217 g/mol. The summed E-state index contributed by atoms with van der Waals surface area (Å²) < 4.78 is 10.3. The van der Waals surface area contributed by atoms with Crippen LogP contribution in [0.4, 0.5) is 0 Å². The summed E-state index contributed by atoms with van der Waals surface area (Å²) in [6.45, 7) is 1.27. The fourth-order valence-corrected chi connectivity index (χ4v) is 1.20. The molecule has 1 fully saturated rings. The molecule has 1 saturated heterocycles. The lowest BCUT2D eigenvalue weighted by molar-refractivity contribution is 0.263. The normalized spacial score (nSPS) is 20.0. The zero-order chi connectivity index (χ0) is 9.26. The first-order valence-electron chi connectivity index (χ1n) is 3.87. The zero-order valence-corrected chi connectivity index (χ0v) is 8.23. The van der Waals surface area contributed by atoms with E-state index >= 15 is 0 Å². The summed E-state index contributed by atoms with van der Waals surface area (Å²) in [6, 6.07) is 6.22. The van der Waals surface area contributed by atoms with Gasteiger partial charge in [0.05, 0.1) is 11.6 Å². The molecule has 4 heteroatoms. The SMILES string of the molecule is Clc1cc[c]c(OCC2CO2)c1Cl. The standard InChI is InChI=1S/C9H7Cl2O2/c10-7-2-1-3-8(9(7)11)13-5-6-4-12-6/h1-2,6H,4-5H2. The first-order chi connectivity index (χ1) is 6.27. The van der Waals surface area contributed by atoms with E-state index in [1.54, 1.807) is 12.1 Å². The fourth-order valence-electron chi connectivity index (χ4n) is 0.881. The van der Waals surface area contributed by atoms with Gasteiger partial charge in [0.15, 0.2) is 0 Å². The highest BCUT2D eigenvalue weighted by Crippen LogP contribution is 2.31. The van der Waals surface area contributed by atoms with E-state index in [9.17, 15) is 0 Å². The zero-order valence-electron chi connectivity index (χ0n) is 6.72. The molecule has 1 aliphatic heterocycles. The second-order valence-corrected chi connectivity index (χ2v) is 3.52. The Labute approximate surface area is 86.4 Å². The number of epoxide rings is 1. The maximum absolute atomic E-state index is 5.87. The highest BCUT2D eigenvalue weighted by atomic mass is 35.5. The number of hydrogen-bond donors (Lipinski definition) is 0. The molecule has 1 radical (unpaired) electrons. The lowest BCUT2D eigenvalue weighted by Gasteiger charge is -2.05. The molecule has 69 valence electrons. The van der Waals surface area contributed by atoms with Crippen LogP contribution in [0.2, 0.25) is 10.0 Å².